The number of nitrogens with zero attached hydrogens (tertiary/aromatic N) is 4. The molecule has 0 amide bonds. The fraction of sp³-hybridized carbons (Fsp3) is 0.857. The summed E-state index contributed by atoms with van der Waals surface area (Å²) < 4.78 is 1.97. The monoisotopic (exact) mass is 282 g/mol. The van der Waals surface area contributed by atoms with E-state index < -0.39 is 0 Å². The number of rotatable bonds is 9. The average Bonchev–Trinajstić information content (AvgIpc) is 2.84. The molecule has 0 radical (unpaired) electrons. The largest absolute Gasteiger partial charge is 0.297 e. The van der Waals surface area contributed by atoms with Crippen molar-refractivity contribution in [2.75, 3.05) is 13.1 Å². The van der Waals surface area contributed by atoms with Gasteiger partial charge in [-0.05, 0) is 33.4 Å². The summed E-state index contributed by atoms with van der Waals surface area (Å²) in [5.74, 6) is 6.81. The number of aryl methyl sites for hydroxylation is 1. The molecule has 1 atom stereocenters. The Bertz CT molecular complexity index is 383. The molecular weight excluding hydrogens is 252 g/mol. The van der Waals surface area contributed by atoms with Crippen LogP contribution in [0.25, 0.3) is 0 Å². The van der Waals surface area contributed by atoms with Crippen LogP contribution >= 0.6 is 0 Å². The van der Waals surface area contributed by atoms with Crippen LogP contribution in [0.1, 0.15) is 46.9 Å². The number of nitrogens with one attached hydrogen (secondary N) is 1. The van der Waals surface area contributed by atoms with Crippen molar-refractivity contribution in [3.8, 4) is 0 Å². The van der Waals surface area contributed by atoms with Gasteiger partial charge in [0.1, 0.15) is 12.2 Å². The fourth-order valence-electron chi connectivity index (χ4n) is 2.80. The Kier molecular flexibility index (Phi) is 6.58. The molecular formula is C14H30N6. The van der Waals surface area contributed by atoms with Gasteiger partial charge in [-0.2, -0.15) is 5.10 Å². The number of nitrogens with two attached hydrogens (primary N) is 1. The first-order chi connectivity index (χ1) is 9.51. The summed E-state index contributed by atoms with van der Waals surface area (Å²) in [5, 5.41) is 4.28. The van der Waals surface area contributed by atoms with Gasteiger partial charge in [0.2, 0.25) is 0 Å². The molecule has 0 spiro atoms. The van der Waals surface area contributed by atoms with Gasteiger partial charge in [-0.15, -0.1) is 0 Å². The van der Waals surface area contributed by atoms with Crippen molar-refractivity contribution in [1.29, 1.82) is 0 Å². The summed E-state index contributed by atoms with van der Waals surface area (Å²) in [6, 6.07) is 0.127. The highest BCUT2D eigenvalue weighted by Gasteiger charge is 2.34. The van der Waals surface area contributed by atoms with E-state index in [4.69, 9.17) is 5.84 Å². The Morgan fingerprint density at radius 1 is 1.35 bits per heavy atom. The zero-order valence-electron chi connectivity index (χ0n) is 13.6. The Labute approximate surface area is 122 Å². The summed E-state index contributed by atoms with van der Waals surface area (Å²) >= 11 is 0. The number of hydrogen-bond acceptors (Lipinski definition) is 5. The second kappa shape index (κ2) is 7.71. The van der Waals surface area contributed by atoms with Gasteiger partial charge in [-0.25, -0.2) is 4.98 Å². The van der Waals surface area contributed by atoms with Crippen LogP contribution in [0.3, 0.4) is 0 Å². The highest BCUT2D eigenvalue weighted by molar-refractivity contribution is 4.99. The van der Waals surface area contributed by atoms with Crippen molar-refractivity contribution in [1.82, 2.24) is 25.1 Å². The summed E-state index contributed by atoms with van der Waals surface area (Å²) in [7, 11) is 0. The fourth-order valence-corrected chi connectivity index (χ4v) is 2.80. The predicted octanol–water partition coefficient (Wildman–Crippen LogP) is 1.18. The van der Waals surface area contributed by atoms with Crippen LogP contribution in [0.5, 0.6) is 0 Å². The molecule has 0 aliphatic rings. The van der Waals surface area contributed by atoms with E-state index in [9.17, 15) is 0 Å². The van der Waals surface area contributed by atoms with Gasteiger partial charge in [0.05, 0.1) is 0 Å². The number of aromatic nitrogens is 3. The number of hydrazine groups is 1. The van der Waals surface area contributed by atoms with Crippen molar-refractivity contribution in [2.24, 2.45) is 5.84 Å². The average molecular weight is 282 g/mol. The van der Waals surface area contributed by atoms with Crippen molar-refractivity contribution in [2.45, 2.75) is 65.6 Å². The van der Waals surface area contributed by atoms with Crippen LogP contribution in [-0.2, 0) is 13.0 Å². The molecule has 0 aliphatic heterocycles. The third-order valence-corrected chi connectivity index (χ3v) is 4.15. The molecule has 3 N–H and O–H groups in total. The quantitative estimate of drug-likeness (QED) is 0.526. The third-order valence-electron chi connectivity index (χ3n) is 4.15. The lowest BCUT2D eigenvalue weighted by atomic mass is 9.90. The van der Waals surface area contributed by atoms with E-state index in [1.165, 1.54) is 0 Å². The zero-order chi connectivity index (χ0) is 15.2. The normalized spacial score (nSPS) is 13.9. The molecule has 0 bridgehead atoms. The topological polar surface area (TPSA) is 72.0 Å². The van der Waals surface area contributed by atoms with Crippen molar-refractivity contribution in [3.05, 3.63) is 12.2 Å². The molecule has 1 rings (SSSR count). The van der Waals surface area contributed by atoms with Crippen LogP contribution < -0.4 is 11.3 Å². The summed E-state index contributed by atoms with van der Waals surface area (Å²) in [4.78, 5) is 6.80. The van der Waals surface area contributed by atoms with Gasteiger partial charge in [-0.1, -0.05) is 20.8 Å². The number of likely N-dealkylation sites (N-methyl/N-ethyl adjacent to an activating group) is 1. The van der Waals surface area contributed by atoms with Crippen LogP contribution in [-0.4, -0.2) is 44.3 Å². The lowest BCUT2D eigenvalue weighted by Crippen LogP contribution is -2.60. The second-order valence-corrected chi connectivity index (χ2v) is 5.65. The van der Waals surface area contributed by atoms with Gasteiger partial charge in [-0.3, -0.25) is 20.9 Å². The minimum atomic E-state index is -0.0404. The Morgan fingerprint density at radius 3 is 2.50 bits per heavy atom. The zero-order valence-corrected chi connectivity index (χ0v) is 13.6. The Balaban J connectivity index is 2.87. The molecule has 1 aromatic heterocycles. The standard InChI is InChI=1S/C14H30N6/c1-6-9-20-13(16-11-17-20)10-12(18-15)14(4,5)19(7-2)8-3/h11-12,18H,6-10,15H2,1-5H3. The first kappa shape index (κ1) is 17.1. The Hall–Kier alpha value is -0.980. The number of hydrogen-bond donors (Lipinski definition) is 2. The first-order valence-corrected chi connectivity index (χ1v) is 7.59. The highest BCUT2D eigenvalue weighted by Crippen LogP contribution is 2.21. The molecule has 1 unspecified atom stereocenters. The van der Waals surface area contributed by atoms with Gasteiger partial charge >= 0.3 is 0 Å². The molecule has 0 fully saturated rings. The lowest BCUT2D eigenvalue weighted by molar-refractivity contribution is 0.0899. The van der Waals surface area contributed by atoms with E-state index in [1.54, 1.807) is 6.33 Å². The molecule has 1 heterocycles. The van der Waals surface area contributed by atoms with Crippen molar-refractivity contribution in [3.63, 3.8) is 0 Å². The van der Waals surface area contributed by atoms with E-state index >= 15 is 0 Å². The summed E-state index contributed by atoms with van der Waals surface area (Å²) in [5.41, 5.74) is 2.94. The van der Waals surface area contributed by atoms with Crippen LogP contribution in [0.4, 0.5) is 0 Å². The third kappa shape index (κ3) is 3.77. The first-order valence-electron chi connectivity index (χ1n) is 7.59. The maximum atomic E-state index is 5.81. The molecule has 20 heavy (non-hydrogen) atoms. The van der Waals surface area contributed by atoms with E-state index in [2.05, 4.69) is 55.0 Å². The molecule has 6 heteroatoms. The van der Waals surface area contributed by atoms with E-state index in [0.29, 0.717) is 0 Å². The molecule has 6 nitrogen and oxygen atoms in total. The maximum absolute atomic E-state index is 5.81. The SMILES string of the molecule is CCCn1ncnc1CC(NN)C(C)(C)N(CC)CC. The molecule has 0 saturated heterocycles. The molecule has 0 saturated carbocycles. The van der Waals surface area contributed by atoms with Crippen LogP contribution in [0, 0.1) is 0 Å². The molecule has 0 aromatic carbocycles. The van der Waals surface area contributed by atoms with E-state index in [-0.39, 0.29) is 11.6 Å². The van der Waals surface area contributed by atoms with Gasteiger partial charge in [0.15, 0.2) is 0 Å². The van der Waals surface area contributed by atoms with Gasteiger partial charge in [0, 0.05) is 24.5 Å². The Morgan fingerprint density at radius 2 is 2.00 bits per heavy atom. The second-order valence-electron chi connectivity index (χ2n) is 5.65. The van der Waals surface area contributed by atoms with Crippen LogP contribution in [0.15, 0.2) is 6.33 Å². The molecule has 0 aliphatic carbocycles. The summed E-state index contributed by atoms with van der Waals surface area (Å²) in [6.07, 6.45) is 3.46. The van der Waals surface area contributed by atoms with Crippen LogP contribution in [0.2, 0.25) is 0 Å². The predicted molar refractivity (Wildman–Crippen MR) is 82.1 cm³/mol. The van der Waals surface area contributed by atoms with Crippen molar-refractivity contribution >= 4 is 0 Å². The summed E-state index contributed by atoms with van der Waals surface area (Å²) in [6.45, 7) is 13.9. The van der Waals surface area contributed by atoms with Crippen molar-refractivity contribution < 1.29 is 0 Å². The van der Waals surface area contributed by atoms with Gasteiger partial charge in [0.25, 0.3) is 0 Å². The van der Waals surface area contributed by atoms with Gasteiger partial charge < -0.3 is 0 Å². The molecule has 116 valence electrons. The molecule has 1 aromatic rings. The minimum absolute atomic E-state index is 0.0404. The minimum Gasteiger partial charge on any atom is -0.297 e. The van der Waals surface area contributed by atoms with E-state index in [0.717, 1.165) is 38.3 Å². The van der Waals surface area contributed by atoms with E-state index in [1.807, 2.05) is 4.68 Å². The maximum Gasteiger partial charge on any atom is 0.138 e. The lowest BCUT2D eigenvalue weighted by Gasteiger charge is -2.43. The highest BCUT2D eigenvalue weighted by atomic mass is 15.3. The smallest absolute Gasteiger partial charge is 0.138 e.